The minimum Gasteiger partial charge on any atom is -0.447 e. The van der Waals surface area contributed by atoms with Crippen molar-refractivity contribution < 1.29 is 9.53 Å². The number of likely N-dealkylation sites (tertiary alicyclic amines) is 1. The Morgan fingerprint density at radius 1 is 1.50 bits per heavy atom. The van der Waals surface area contributed by atoms with Crippen molar-refractivity contribution in [2.24, 2.45) is 11.7 Å². The zero-order chi connectivity index (χ0) is 10.3. The molecule has 1 heterocycles. The van der Waals surface area contributed by atoms with Gasteiger partial charge in [0.15, 0.2) is 0 Å². The molecule has 2 aliphatic rings. The number of hydrogen-bond donors (Lipinski definition) is 1. The van der Waals surface area contributed by atoms with Gasteiger partial charge in [0.1, 0.15) is 0 Å². The molecule has 0 bridgehead atoms. The van der Waals surface area contributed by atoms with Crippen LogP contribution in [-0.4, -0.2) is 35.7 Å². The predicted molar refractivity (Wildman–Crippen MR) is 52.8 cm³/mol. The Morgan fingerprint density at radius 2 is 2.07 bits per heavy atom. The first-order valence-corrected chi connectivity index (χ1v) is 5.26. The maximum atomic E-state index is 11.4. The van der Waals surface area contributed by atoms with Crippen molar-refractivity contribution in [3.63, 3.8) is 0 Å². The van der Waals surface area contributed by atoms with Gasteiger partial charge < -0.3 is 15.4 Å². The predicted octanol–water partition coefficient (Wildman–Crippen LogP) is 0.955. The number of hydrogen-bond acceptors (Lipinski definition) is 3. The molecule has 4 heteroatoms. The Hall–Kier alpha value is -0.770. The standard InChI is InChI=1S/C10H18N2O2/c1-7(2)14-9(13)12-5-10(11,6-12)8-3-4-8/h7-8H,3-6,11H2,1-2H3. The molecule has 0 aromatic carbocycles. The van der Waals surface area contributed by atoms with E-state index in [1.54, 1.807) is 4.90 Å². The minimum absolute atomic E-state index is 0.0452. The Bertz CT molecular complexity index is 243. The van der Waals surface area contributed by atoms with Crippen LogP contribution in [0.1, 0.15) is 26.7 Å². The van der Waals surface area contributed by atoms with Crippen LogP contribution in [0.25, 0.3) is 0 Å². The first-order chi connectivity index (χ1) is 6.51. The molecule has 80 valence electrons. The Balaban J connectivity index is 1.78. The van der Waals surface area contributed by atoms with Gasteiger partial charge in [-0.25, -0.2) is 4.79 Å². The number of rotatable bonds is 2. The fourth-order valence-corrected chi connectivity index (χ4v) is 1.99. The van der Waals surface area contributed by atoms with E-state index < -0.39 is 0 Å². The minimum atomic E-state index is -0.221. The van der Waals surface area contributed by atoms with E-state index in [2.05, 4.69) is 0 Å². The lowest BCUT2D eigenvalue weighted by Crippen LogP contribution is -2.70. The fourth-order valence-electron chi connectivity index (χ4n) is 1.99. The first-order valence-electron chi connectivity index (χ1n) is 5.26. The fraction of sp³-hybridized carbons (Fsp3) is 0.900. The van der Waals surface area contributed by atoms with E-state index in [1.807, 2.05) is 13.8 Å². The zero-order valence-corrected chi connectivity index (χ0v) is 8.82. The molecule has 0 spiro atoms. The van der Waals surface area contributed by atoms with Crippen molar-refractivity contribution in [2.45, 2.75) is 38.3 Å². The van der Waals surface area contributed by atoms with Crippen LogP contribution < -0.4 is 5.73 Å². The Labute approximate surface area is 84.4 Å². The second-order valence-corrected chi connectivity index (χ2v) is 4.80. The van der Waals surface area contributed by atoms with Gasteiger partial charge in [0.25, 0.3) is 0 Å². The van der Waals surface area contributed by atoms with Gasteiger partial charge in [-0.05, 0) is 32.6 Å². The molecular weight excluding hydrogens is 180 g/mol. The lowest BCUT2D eigenvalue weighted by Gasteiger charge is -2.47. The summed E-state index contributed by atoms with van der Waals surface area (Å²) in [4.78, 5) is 13.1. The summed E-state index contributed by atoms with van der Waals surface area (Å²) in [5, 5.41) is 0. The highest BCUT2D eigenvalue weighted by Crippen LogP contribution is 2.43. The molecule has 2 rings (SSSR count). The van der Waals surface area contributed by atoms with Gasteiger partial charge in [-0.1, -0.05) is 0 Å². The van der Waals surface area contributed by atoms with Crippen LogP contribution >= 0.6 is 0 Å². The highest BCUT2D eigenvalue weighted by atomic mass is 16.6. The average molecular weight is 198 g/mol. The van der Waals surface area contributed by atoms with Crippen molar-refractivity contribution in [2.75, 3.05) is 13.1 Å². The van der Waals surface area contributed by atoms with Gasteiger partial charge in [-0.2, -0.15) is 0 Å². The first kappa shape index (κ1) is 9.77. The largest absolute Gasteiger partial charge is 0.447 e. The third kappa shape index (κ3) is 1.71. The van der Waals surface area contributed by atoms with Crippen LogP contribution in [0, 0.1) is 5.92 Å². The van der Waals surface area contributed by atoms with E-state index in [0.29, 0.717) is 19.0 Å². The quantitative estimate of drug-likeness (QED) is 0.719. The monoisotopic (exact) mass is 198 g/mol. The Kier molecular flexibility index (Phi) is 2.18. The molecule has 0 radical (unpaired) electrons. The summed E-state index contributed by atoms with van der Waals surface area (Å²) in [7, 11) is 0. The highest BCUT2D eigenvalue weighted by molar-refractivity contribution is 5.69. The summed E-state index contributed by atoms with van der Waals surface area (Å²) in [5.41, 5.74) is 6.02. The molecule has 2 N–H and O–H groups in total. The van der Waals surface area contributed by atoms with Crippen molar-refractivity contribution in [1.29, 1.82) is 0 Å². The molecule has 0 atom stereocenters. The molecule has 2 fully saturated rings. The van der Waals surface area contributed by atoms with Gasteiger partial charge in [0.05, 0.1) is 11.6 Å². The molecular formula is C10H18N2O2. The molecule has 1 saturated heterocycles. The SMILES string of the molecule is CC(C)OC(=O)N1CC(N)(C2CC2)C1. The second-order valence-electron chi connectivity index (χ2n) is 4.80. The molecule has 1 aliphatic carbocycles. The van der Waals surface area contributed by atoms with Crippen molar-refractivity contribution in [1.82, 2.24) is 4.90 Å². The van der Waals surface area contributed by atoms with Crippen molar-refractivity contribution in [3.05, 3.63) is 0 Å². The zero-order valence-electron chi connectivity index (χ0n) is 8.82. The van der Waals surface area contributed by atoms with Gasteiger partial charge in [-0.15, -0.1) is 0 Å². The second kappa shape index (κ2) is 3.12. The molecule has 4 nitrogen and oxygen atoms in total. The van der Waals surface area contributed by atoms with Gasteiger partial charge >= 0.3 is 6.09 Å². The smallest absolute Gasteiger partial charge is 0.410 e. The molecule has 0 aromatic heterocycles. The summed E-state index contributed by atoms with van der Waals surface area (Å²) in [6, 6.07) is 0. The van der Waals surface area contributed by atoms with Crippen LogP contribution in [0.3, 0.4) is 0 Å². The van der Waals surface area contributed by atoms with Crippen LogP contribution in [-0.2, 0) is 4.74 Å². The van der Waals surface area contributed by atoms with E-state index in [4.69, 9.17) is 10.5 Å². The van der Waals surface area contributed by atoms with Crippen LogP contribution in [0.15, 0.2) is 0 Å². The lowest BCUT2D eigenvalue weighted by atomic mass is 9.86. The van der Waals surface area contributed by atoms with Crippen LogP contribution in [0.2, 0.25) is 0 Å². The highest BCUT2D eigenvalue weighted by Gasteiger charge is 2.52. The number of nitrogens with zero attached hydrogens (tertiary/aromatic N) is 1. The average Bonchev–Trinajstić information content (AvgIpc) is 2.78. The molecule has 1 amide bonds. The topological polar surface area (TPSA) is 55.6 Å². The van der Waals surface area contributed by atoms with Crippen LogP contribution in [0.4, 0.5) is 4.79 Å². The number of carbonyl (C=O) groups is 1. The third-order valence-electron chi connectivity index (χ3n) is 2.96. The molecule has 14 heavy (non-hydrogen) atoms. The van der Waals surface area contributed by atoms with E-state index in [-0.39, 0.29) is 17.7 Å². The van der Waals surface area contributed by atoms with E-state index in [9.17, 15) is 4.79 Å². The summed E-state index contributed by atoms with van der Waals surface area (Å²) in [6.07, 6.45) is 2.19. The maximum Gasteiger partial charge on any atom is 0.410 e. The number of nitrogens with two attached hydrogens (primary N) is 1. The summed E-state index contributed by atoms with van der Waals surface area (Å²) in [6.45, 7) is 5.05. The molecule has 1 saturated carbocycles. The lowest BCUT2D eigenvalue weighted by molar-refractivity contribution is 0.0185. The maximum absolute atomic E-state index is 11.4. The summed E-state index contributed by atoms with van der Waals surface area (Å²) < 4.78 is 5.08. The number of ether oxygens (including phenoxy) is 1. The van der Waals surface area contributed by atoms with Crippen LogP contribution in [0.5, 0.6) is 0 Å². The van der Waals surface area contributed by atoms with Gasteiger partial charge in [-0.3, -0.25) is 0 Å². The van der Waals surface area contributed by atoms with Gasteiger partial charge in [0, 0.05) is 13.1 Å². The Morgan fingerprint density at radius 3 is 2.50 bits per heavy atom. The summed E-state index contributed by atoms with van der Waals surface area (Å²) in [5.74, 6) is 0.644. The number of amides is 1. The van der Waals surface area contributed by atoms with Crippen molar-refractivity contribution >= 4 is 6.09 Å². The molecule has 0 unspecified atom stereocenters. The van der Waals surface area contributed by atoms with E-state index in [1.165, 1.54) is 12.8 Å². The van der Waals surface area contributed by atoms with E-state index >= 15 is 0 Å². The number of carbonyl (C=O) groups excluding carboxylic acids is 1. The summed E-state index contributed by atoms with van der Waals surface area (Å²) >= 11 is 0. The normalized spacial score (nSPS) is 24.7. The molecule has 0 aromatic rings. The van der Waals surface area contributed by atoms with Crippen molar-refractivity contribution in [3.8, 4) is 0 Å². The molecule has 1 aliphatic heterocycles. The van der Waals surface area contributed by atoms with E-state index in [0.717, 1.165) is 0 Å². The third-order valence-corrected chi connectivity index (χ3v) is 2.96. The van der Waals surface area contributed by atoms with Gasteiger partial charge in [0.2, 0.25) is 0 Å².